The van der Waals surface area contributed by atoms with E-state index in [1.807, 2.05) is 31.2 Å². The first-order chi connectivity index (χ1) is 16.0. The zero-order valence-corrected chi connectivity index (χ0v) is 18.8. The monoisotopic (exact) mass is 453 g/mol. The molecule has 2 aliphatic rings. The van der Waals surface area contributed by atoms with Crippen LogP contribution in [0.4, 0.5) is 5.69 Å². The summed E-state index contributed by atoms with van der Waals surface area (Å²) in [6.07, 6.45) is 2.10. The molecule has 0 radical (unpaired) electrons. The molecule has 2 aliphatic heterocycles. The molecule has 4 rings (SSSR count). The zero-order valence-electron chi connectivity index (χ0n) is 18.8. The Bertz CT molecular complexity index is 1040. The van der Waals surface area contributed by atoms with E-state index in [0.717, 1.165) is 11.3 Å². The van der Waals surface area contributed by atoms with Crippen molar-refractivity contribution in [2.24, 2.45) is 5.10 Å². The van der Waals surface area contributed by atoms with E-state index >= 15 is 0 Å². The highest BCUT2D eigenvalue weighted by Crippen LogP contribution is 2.31. The molecule has 2 aromatic rings. The number of benzene rings is 2. The topological polar surface area (TPSA) is 105 Å². The van der Waals surface area contributed by atoms with E-state index < -0.39 is 6.04 Å². The Labute approximate surface area is 192 Å². The van der Waals surface area contributed by atoms with E-state index in [-0.39, 0.29) is 24.4 Å². The van der Waals surface area contributed by atoms with Crippen LogP contribution >= 0.6 is 0 Å². The Morgan fingerprint density at radius 2 is 1.91 bits per heavy atom. The number of methoxy groups -OCH3 is 2. The van der Waals surface area contributed by atoms with Gasteiger partial charge in [0.15, 0.2) is 0 Å². The van der Waals surface area contributed by atoms with Crippen LogP contribution in [-0.4, -0.2) is 61.6 Å². The van der Waals surface area contributed by atoms with Crippen LogP contribution in [-0.2, 0) is 9.59 Å². The molecule has 2 unspecified atom stereocenters. The van der Waals surface area contributed by atoms with E-state index in [2.05, 4.69) is 15.8 Å². The molecular formula is C23H27N5O5. The number of hydrogen-bond acceptors (Lipinski definition) is 8. The van der Waals surface area contributed by atoms with Crippen molar-refractivity contribution in [3.8, 4) is 17.2 Å². The summed E-state index contributed by atoms with van der Waals surface area (Å²) in [5, 5.41) is 9.81. The summed E-state index contributed by atoms with van der Waals surface area (Å²) >= 11 is 0. The summed E-state index contributed by atoms with van der Waals surface area (Å²) in [7, 11) is 3.06. The number of anilines is 1. The summed E-state index contributed by atoms with van der Waals surface area (Å²) in [6.45, 7) is 2.34. The van der Waals surface area contributed by atoms with E-state index in [1.165, 1.54) is 12.1 Å². The fraction of sp³-hybridized carbons (Fsp3) is 0.348. The predicted molar refractivity (Wildman–Crippen MR) is 122 cm³/mol. The van der Waals surface area contributed by atoms with E-state index in [4.69, 9.17) is 14.2 Å². The second-order valence-corrected chi connectivity index (χ2v) is 7.58. The minimum atomic E-state index is -0.442. The molecule has 0 bridgehead atoms. The number of carbonyl (C=O) groups is 2. The van der Waals surface area contributed by atoms with E-state index in [9.17, 15) is 9.59 Å². The quantitative estimate of drug-likeness (QED) is 0.631. The lowest BCUT2D eigenvalue weighted by Crippen LogP contribution is -2.52. The van der Waals surface area contributed by atoms with E-state index in [1.54, 1.807) is 36.7 Å². The van der Waals surface area contributed by atoms with Gasteiger partial charge >= 0.3 is 0 Å². The standard InChI is InChI=1S/C23H27N5O5/c1-4-33-16-7-5-15(6-8-16)19-12-20-23(30)27(24-14-28(20)26-19)13-22(29)25-18-10-9-17(31-2)11-21(18)32-3/h5-11,14,19-20,26H,4,12-13H2,1-3H3,(H,25,29). The fourth-order valence-corrected chi connectivity index (χ4v) is 3.86. The van der Waals surface area contributed by atoms with Gasteiger partial charge in [0.1, 0.15) is 36.2 Å². The molecule has 2 N–H and O–H groups in total. The van der Waals surface area contributed by atoms with Gasteiger partial charge in [0.25, 0.3) is 5.91 Å². The first-order valence-corrected chi connectivity index (χ1v) is 10.7. The summed E-state index contributed by atoms with van der Waals surface area (Å²) in [4.78, 5) is 25.6. The van der Waals surface area contributed by atoms with Crippen molar-refractivity contribution >= 4 is 23.8 Å². The van der Waals surface area contributed by atoms with Gasteiger partial charge in [0.05, 0.1) is 32.6 Å². The smallest absolute Gasteiger partial charge is 0.267 e. The van der Waals surface area contributed by atoms with Crippen molar-refractivity contribution < 1.29 is 23.8 Å². The maximum atomic E-state index is 13.0. The fourth-order valence-electron chi connectivity index (χ4n) is 3.86. The van der Waals surface area contributed by atoms with Crippen molar-refractivity contribution in [1.29, 1.82) is 0 Å². The van der Waals surface area contributed by atoms with Crippen molar-refractivity contribution in [2.45, 2.75) is 25.4 Å². The van der Waals surface area contributed by atoms with Gasteiger partial charge in [-0.05, 0) is 43.2 Å². The van der Waals surface area contributed by atoms with Crippen molar-refractivity contribution in [3.05, 3.63) is 48.0 Å². The third-order valence-electron chi connectivity index (χ3n) is 5.52. The minimum Gasteiger partial charge on any atom is -0.497 e. The molecule has 33 heavy (non-hydrogen) atoms. The average Bonchev–Trinajstić information content (AvgIpc) is 3.27. The Morgan fingerprint density at radius 1 is 1.15 bits per heavy atom. The number of rotatable bonds is 8. The largest absolute Gasteiger partial charge is 0.497 e. The van der Waals surface area contributed by atoms with Crippen LogP contribution < -0.4 is 25.0 Å². The number of carbonyl (C=O) groups excluding carboxylic acids is 2. The van der Waals surface area contributed by atoms with Gasteiger partial charge in [-0.15, -0.1) is 0 Å². The molecule has 0 aliphatic carbocycles. The normalized spacial score (nSPS) is 19.3. The molecule has 2 aromatic carbocycles. The molecule has 0 aromatic heterocycles. The SMILES string of the molecule is CCOc1ccc(C2CC3C(=O)N(CC(=O)Nc4ccc(OC)cc4OC)N=CN3N2)cc1. The number of fused-ring (bicyclic) bond motifs is 1. The van der Waals surface area contributed by atoms with Crippen LogP contribution in [0.1, 0.15) is 24.9 Å². The number of hydrazone groups is 1. The Hall–Kier alpha value is -3.79. The van der Waals surface area contributed by atoms with Crippen molar-refractivity contribution in [3.63, 3.8) is 0 Å². The van der Waals surface area contributed by atoms with Gasteiger partial charge in [-0.1, -0.05) is 12.1 Å². The molecule has 1 fully saturated rings. The van der Waals surface area contributed by atoms with Crippen LogP contribution in [0.3, 0.4) is 0 Å². The summed E-state index contributed by atoms with van der Waals surface area (Å²) in [5.74, 6) is 1.25. The van der Waals surface area contributed by atoms with Crippen LogP contribution in [0.25, 0.3) is 0 Å². The number of hydrogen-bond donors (Lipinski definition) is 2. The second kappa shape index (κ2) is 9.78. The van der Waals surface area contributed by atoms with Crippen molar-refractivity contribution in [2.75, 3.05) is 32.7 Å². The van der Waals surface area contributed by atoms with Crippen LogP contribution in [0, 0.1) is 0 Å². The molecule has 174 valence electrons. The number of nitrogens with one attached hydrogen (secondary N) is 2. The Morgan fingerprint density at radius 3 is 2.61 bits per heavy atom. The first kappa shape index (κ1) is 22.4. The Balaban J connectivity index is 1.38. The zero-order chi connectivity index (χ0) is 23.4. The minimum absolute atomic E-state index is 0.0431. The van der Waals surface area contributed by atoms with Gasteiger partial charge in [-0.25, -0.2) is 10.4 Å². The highest BCUT2D eigenvalue weighted by molar-refractivity contribution is 5.97. The summed E-state index contributed by atoms with van der Waals surface area (Å²) < 4.78 is 16.0. The highest BCUT2D eigenvalue weighted by Gasteiger charge is 2.41. The summed E-state index contributed by atoms with van der Waals surface area (Å²) in [5.41, 5.74) is 4.83. The lowest BCUT2D eigenvalue weighted by molar-refractivity contribution is -0.139. The molecule has 2 heterocycles. The predicted octanol–water partition coefficient (Wildman–Crippen LogP) is 2.15. The lowest BCUT2D eigenvalue weighted by atomic mass is 10.0. The van der Waals surface area contributed by atoms with Gasteiger partial charge in [0.2, 0.25) is 5.91 Å². The van der Waals surface area contributed by atoms with Crippen molar-refractivity contribution in [1.82, 2.24) is 15.4 Å². The second-order valence-electron chi connectivity index (χ2n) is 7.58. The third-order valence-corrected chi connectivity index (χ3v) is 5.52. The average molecular weight is 453 g/mol. The number of nitrogens with zero attached hydrogens (tertiary/aromatic N) is 3. The first-order valence-electron chi connectivity index (χ1n) is 10.7. The van der Waals surface area contributed by atoms with Gasteiger partial charge in [-0.3, -0.25) is 14.6 Å². The van der Waals surface area contributed by atoms with Gasteiger partial charge in [0, 0.05) is 6.07 Å². The molecule has 0 spiro atoms. The molecule has 0 saturated carbocycles. The molecule has 2 amide bonds. The highest BCUT2D eigenvalue weighted by atomic mass is 16.5. The maximum absolute atomic E-state index is 13.0. The van der Waals surface area contributed by atoms with Crippen LogP contribution in [0.15, 0.2) is 47.6 Å². The van der Waals surface area contributed by atoms with Crippen LogP contribution in [0.5, 0.6) is 17.2 Å². The molecule has 10 heteroatoms. The molecule has 10 nitrogen and oxygen atoms in total. The number of hydrazine groups is 1. The molecule has 2 atom stereocenters. The number of ether oxygens (including phenoxy) is 3. The Kier molecular flexibility index (Phi) is 6.64. The molecular weight excluding hydrogens is 426 g/mol. The number of amides is 2. The van der Waals surface area contributed by atoms with Gasteiger partial charge in [-0.2, -0.15) is 5.10 Å². The lowest BCUT2D eigenvalue weighted by Gasteiger charge is -2.29. The summed E-state index contributed by atoms with van der Waals surface area (Å²) in [6, 6.07) is 12.4. The maximum Gasteiger partial charge on any atom is 0.267 e. The molecule has 1 saturated heterocycles. The van der Waals surface area contributed by atoms with Gasteiger partial charge < -0.3 is 19.5 Å². The third kappa shape index (κ3) is 4.85. The van der Waals surface area contributed by atoms with Crippen LogP contribution in [0.2, 0.25) is 0 Å². The van der Waals surface area contributed by atoms with E-state index in [0.29, 0.717) is 30.2 Å².